The van der Waals surface area contributed by atoms with Crippen molar-refractivity contribution in [3.63, 3.8) is 0 Å². The van der Waals surface area contributed by atoms with Crippen LogP contribution in [-0.2, 0) is 9.53 Å². The number of thiophene rings is 1. The Morgan fingerprint density at radius 1 is 1.19 bits per heavy atom. The summed E-state index contributed by atoms with van der Waals surface area (Å²) in [6, 6.07) is 4.62. The molecule has 2 bridgehead atoms. The Labute approximate surface area is 192 Å². The van der Waals surface area contributed by atoms with Gasteiger partial charge in [-0.3, -0.25) is 9.69 Å². The van der Waals surface area contributed by atoms with Crippen LogP contribution in [0, 0.1) is 11.8 Å². The summed E-state index contributed by atoms with van der Waals surface area (Å²) < 4.78 is 31.9. The zero-order valence-electron chi connectivity index (χ0n) is 18.9. The van der Waals surface area contributed by atoms with Crippen molar-refractivity contribution in [3.8, 4) is 0 Å². The molecule has 178 valence electrons. The van der Waals surface area contributed by atoms with E-state index in [9.17, 15) is 18.4 Å². The van der Waals surface area contributed by atoms with Gasteiger partial charge in [0.05, 0.1) is 13.2 Å². The zero-order valence-corrected chi connectivity index (χ0v) is 19.8. The van der Waals surface area contributed by atoms with Crippen molar-refractivity contribution in [1.82, 2.24) is 10.2 Å². The van der Waals surface area contributed by atoms with Crippen LogP contribution in [0.3, 0.4) is 0 Å². The van der Waals surface area contributed by atoms with Gasteiger partial charge in [-0.1, -0.05) is 6.92 Å². The zero-order chi connectivity index (χ0) is 22.9. The highest BCUT2D eigenvalue weighted by Gasteiger charge is 2.40. The van der Waals surface area contributed by atoms with Gasteiger partial charge in [-0.25, -0.2) is 13.6 Å². The standard InChI is InChI=1S/C24H34F2N2O3S/c1-15-13-17-3-4-18(14-15)28(17)12-9-19(20-5-6-21(32-20)23(30)31-2)27-22(29)16-7-10-24(25,26)11-8-16/h5-6,15-19H,3-4,7-14H2,1-2H3,(H,27,29)/t15?,17?,18?,19-/m0/s1. The first-order chi connectivity index (χ1) is 15.3. The molecule has 2 aliphatic heterocycles. The second-order valence-corrected chi connectivity index (χ2v) is 11.0. The van der Waals surface area contributed by atoms with Crippen LogP contribution in [0.4, 0.5) is 8.78 Å². The van der Waals surface area contributed by atoms with Crippen LogP contribution in [0.5, 0.6) is 0 Å². The van der Waals surface area contributed by atoms with Gasteiger partial charge in [0.15, 0.2) is 0 Å². The largest absolute Gasteiger partial charge is 0.465 e. The number of hydrogen-bond acceptors (Lipinski definition) is 5. The van der Waals surface area contributed by atoms with Crippen molar-refractivity contribution in [2.45, 2.75) is 88.8 Å². The van der Waals surface area contributed by atoms with E-state index in [-0.39, 0.29) is 49.5 Å². The van der Waals surface area contributed by atoms with Crippen molar-refractivity contribution < 1.29 is 23.1 Å². The van der Waals surface area contributed by atoms with E-state index >= 15 is 0 Å². The normalized spacial score (nSPS) is 28.9. The van der Waals surface area contributed by atoms with Crippen molar-refractivity contribution in [1.29, 1.82) is 0 Å². The van der Waals surface area contributed by atoms with E-state index in [1.54, 1.807) is 6.07 Å². The van der Waals surface area contributed by atoms with Crippen LogP contribution in [-0.4, -0.2) is 48.4 Å². The molecule has 3 atom stereocenters. The van der Waals surface area contributed by atoms with Crippen LogP contribution in [0.25, 0.3) is 0 Å². The molecule has 1 aromatic rings. The number of piperidine rings is 1. The fourth-order valence-electron chi connectivity index (χ4n) is 5.82. The number of methoxy groups -OCH3 is 1. The molecule has 4 rings (SSSR count). The maximum absolute atomic E-state index is 13.5. The number of rotatable bonds is 7. The third-order valence-electron chi connectivity index (χ3n) is 7.56. The van der Waals surface area contributed by atoms with Crippen molar-refractivity contribution in [3.05, 3.63) is 21.9 Å². The summed E-state index contributed by atoms with van der Waals surface area (Å²) in [7, 11) is 1.35. The fourth-order valence-corrected chi connectivity index (χ4v) is 6.83. The smallest absolute Gasteiger partial charge is 0.348 e. The monoisotopic (exact) mass is 468 g/mol. The fraction of sp³-hybridized carbons (Fsp3) is 0.750. The Kier molecular flexibility index (Phi) is 7.20. The van der Waals surface area contributed by atoms with Gasteiger partial charge in [0.2, 0.25) is 11.8 Å². The molecule has 5 nitrogen and oxygen atoms in total. The number of ether oxygens (including phenoxy) is 1. The molecule has 32 heavy (non-hydrogen) atoms. The van der Waals surface area contributed by atoms with Crippen LogP contribution in [0.2, 0.25) is 0 Å². The number of alkyl halides is 2. The van der Waals surface area contributed by atoms with Gasteiger partial charge in [-0.15, -0.1) is 11.3 Å². The van der Waals surface area contributed by atoms with Crippen molar-refractivity contribution >= 4 is 23.2 Å². The Morgan fingerprint density at radius 3 is 2.47 bits per heavy atom. The maximum atomic E-state index is 13.5. The molecule has 1 aliphatic carbocycles. The topological polar surface area (TPSA) is 58.6 Å². The van der Waals surface area contributed by atoms with E-state index < -0.39 is 5.92 Å². The lowest BCUT2D eigenvalue weighted by Crippen LogP contribution is -2.44. The summed E-state index contributed by atoms with van der Waals surface area (Å²) in [5.41, 5.74) is 0. The minimum Gasteiger partial charge on any atom is -0.465 e. The van der Waals surface area contributed by atoms with Gasteiger partial charge < -0.3 is 10.1 Å². The first-order valence-electron chi connectivity index (χ1n) is 11.9. The number of nitrogens with one attached hydrogen (secondary N) is 1. The average Bonchev–Trinajstić information content (AvgIpc) is 3.33. The highest BCUT2D eigenvalue weighted by molar-refractivity contribution is 7.14. The Balaban J connectivity index is 1.44. The van der Waals surface area contributed by atoms with E-state index in [1.165, 1.54) is 44.1 Å². The van der Waals surface area contributed by atoms with E-state index in [4.69, 9.17) is 4.74 Å². The maximum Gasteiger partial charge on any atom is 0.348 e. The number of carbonyl (C=O) groups excluding carboxylic acids is 2. The van der Waals surface area contributed by atoms with Gasteiger partial charge in [0.1, 0.15) is 4.88 Å². The predicted octanol–water partition coefficient (Wildman–Crippen LogP) is 5.17. The number of fused-ring (bicyclic) bond motifs is 2. The molecule has 8 heteroatoms. The Bertz CT molecular complexity index is 806. The van der Waals surface area contributed by atoms with Crippen LogP contribution < -0.4 is 5.32 Å². The number of nitrogens with zero attached hydrogens (tertiary/aromatic N) is 1. The molecule has 0 aromatic carbocycles. The summed E-state index contributed by atoms with van der Waals surface area (Å²) in [5.74, 6) is -2.78. The van der Waals surface area contributed by atoms with E-state index in [0.717, 1.165) is 23.8 Å². The number of halogens is 2. The molecule has 3 fully saturated rings. The van der Waals surface area contributed by atoms with E-state index in [0.29, 0.717) is 17.0 Å². The van der Waals surface area contributed by atoms with Gasteiger partial charge in [-0.05, 0) is 63.0 Å². The molecule has 3 aliphatic rings. The second kappa shape index (κ2) is 9.75. The van der Waals surface area contributed by atoms with Gasteiger partial charge in [0.25, 0.3) is 0 Å². The molecule has 1 N–H and O–H groups in total. The lowest BCUT2D eigenvalue weighted by Gasteiger charge is -2.38. The lowest BCUT2D eigenvalue weighted by atomic mass is 9.86. The van der Waals surface area contributed by atoms with E-state index in [2.05, 4.69) is 17.1 Å². The van der Waals surface area contributed by atoms with Gasteiger partial charge >= 0.3 is 5.97 Å². The summed E-state index contributed by atoms with van der Waals surface area (Å²) in [4.78, 5) is 28.9. The molecule has 2 unspecified atom stereocenters. The lowest BCUT2D eigenvalue weighted by molar-refractivity contribution is -0.130. The first kappa shape index (κ1) is 23.6. The third kappa shape index (κ3) is 5.33. The quantitative estimate of drug-likeness (QED) is 0.561. The molecule has 2 saturated heterocycles. The summed E-state index contributed by atoms with van der Waals surface area (Å²) in [6.07, 6.45) is 5.69. The SMILES string of the molecule is COC(=O)c1ccc([C@H](CCN2C3CCC2CC(C)C3)NC(=O)C2CCC(F)(F)CC2)s1. The molecule has 3 heterocycles. The molecular weight excluding hydrogens is 434 g/mol. The Morgan fingerprint density at radius 2 is 1.84 bits per heavy atom. The highest BCUT2D eigenvalue weighted by Crippen LogP contribution is 2.40. The van der Waals surface area contributed by atoms with Crippen molar-refractivity contribution in [2.75, 3.05) is 13.7 Å². The third-order valence-corrected chi connectivity index (χ3v) is 8.74. The minimum atomic E-state index is -2.65. The van der Waals surface area contributed by atoms with Crippen molar-refractivity contribution in [2.24, 2.45) is 11.8 Å². The minimum absolute atomic E-state index is 0.145. The number of carbonyl (C=O) groups is 2. The molecule has 0 spiro atoms. The number of amides is 1. The summed E-state index contributed by atoms with van der Waals surface area (Å²) in [6.45, 7) is 3.22. The average molecular weight is 469 g/mol. The van der Waals surface area contributed by atoms with Crippen LogP contribution in [0.1, 0.15) is 85.3 Å². The first-order valence-corrected chi connectivity index (χ1v) is 12.7. The molecular formula is C24H34F2N2O3S. The second-order valence-electron chi connectivity index (χ2n) is 9.87. The summed E-state index contributed by atoms with van der Waals surface area (Å²) in [5, 5.41) is 3.15. The van der Waals surface area contributed by atoms with Crippen LogP contribution in [0.15, 0.2) is 12.1 Å². The Hall–Kier alpha value is -1.54. The van der Waals surface area contributed by atoms with Gasteiger partial charge in [0, 0.05) is 42.3 Å². The molecule has 1 saturated carbocycles. The molecule has 0 radical (unpaired) electrons. The number of esters is 1. The predicted molar refractivity (Wildman–Crippen MR) is 120 cm³/mol. The molecule has 1 aromatic heterocycles. The summed E-state index contributed by atoms with van der Waals surface area (Å²) >= 11 is 1.34. The van der Waals surface area contributed by atoms with E-state index in [1.807, 2.05) is 6.07 Å². The van der Waals surface area contributed by atoms with Crippen LogP contribution >= 0.6 is 11.3 Å². The molecule has 1 amide bonds. The number of hydrogen-bond donors (Lipinski definition) is 1. The highest BCUT2D eigenvalue weighted by atomic mass is 32.1. The van der Waals surface area contributed by atoms with Gasteiger partial charge in [-0.2, -0.15) is 0 Å².